The Kier molecular flexibility index (Phi) is 4.78. The summed E-state index contributed by atoms with van der Waals surface area (Å²) in [5.41, 5.74) is 0. The molecule has 0 amide bonds. The van der Waals surface area contributed by atoms with E-state index < -0.39 is 0 Å². The van der Waals surface area contributed by atoms with Crippen molar-refractivity contribution in [1.82, 2.24) is 5.32 Å². The summed E-state index contributed by atoms with van der Waals surface area (Å²) in [6.45, 7) is 7.99. The molecule has 0 spiro atoms. The molecule has 0 radical (unpaired) electrons. The van der Waals surface area contributed by atoms with Gasteiger partial charge in [-0.15, -0.1) is 0 Å². The second-order valence-electron chi connectivity index (χ2n) is 5.98. The fraction of sp³-hybridized carbons (Fsp3) is 0.929. The molecule has 1 aliphatic heterocycles. The molecule has 0 aromatic rings. The van der Waals surface area contributed by atoms with Crippen LogP contribution in [-0.2, 0) is 0 Å². The first-order valence-electron chi connectivity index (χ1n) is 7.11. The molecular weight excluding hydrogens is 228 g/mol. The molecule has 0 aromatic heterocycles. The number of hydrogen-bond acceptors (Lipinski definition) is 2. The molecule has 0 bridgehead atoms. The molecule has 98 valence electrons. The summed E-state index contributed by atoms with van der Waals surface area (Å²) in [7, 11) is 0. The van der Waals surface area contributed by atoms with Crippen LogP contribution in [0.4, 0.5) is 0 Å². The van der Waals surface area contributed by atoms with Crippen LogP contribution in [0.5, 0.6) is 0 Å². The Balaban J connectivity index is 1.79. The summed E-state index contributed by atoms with van der Waals surface area (Å²) in [5, 5.41) is 5.42. The van der Waals surface area contributed by atoms with E-state index in [4.69, 9.17) is 4.99 Å². The molecule has 1 N–H and O–H groups in total. The predicted molar refractivity (Wildman–Crippen MR) is 77.7 cm³/mol. The number of hydrogen-bond donors (Lipinski definition) is 1. The zero-order chi connectivity index (χ0) is 12.3. The van der Waals surface area contributed by atoms with Crippen LogP contribution in [0.15, 0.2) is 4.99 Å². The second kappa shape index (κ2) is 6.12. The minimum Gasteiger partial charge on any atom is -0.362 e. The van der Waals surface area contributed by atoms with E-state index in [0.717, 1.165) is 23.6 Å². The first-order chi connectivity index (χ1) is 8.13. The van der Waals surface area contributed by atoms with Crippen LogP contribution in [0, 0.1) is 11.8 Å². The molecule has 1 saturated heterocycles. The lowest BCUT2D eigenvalue weighted by Gasteiger charge is -2.28. The van der Waals surface area contributed by atoms with E-state index in [1.807, 2.05) is 11.8 Å². The van der Waals surface area contributed by atoms with E-state index in [9.17, 15) is 0 Å². The Hall–Kier alpha value is -0.180. The van der Waals surface area contributed by atoms with Crippen LogP contribution < -0.4 is 5.32 Å². The van der Waals surface area contributed by atoms with Crippen molar-refractivity contribution in [3.05, 3.63) is 0 Å². The summed E-state index contributed by atoms with van der Waals surface area (Å²) < 4.78 is 0. The van der Waals surface area contributed by atoms with Crippen molar-refractivity contribution in [3.63, 3.8) is 0 Å². The van der Waals surface area contributed by atoms with Crippen LogP contribution in [0.25, 0.3) is 0 Å². The van der Waals surface area contributed by atoms with Crippen molar-refractivity contribution in [3.8, 4) is 0 Å². The van der Waals surface area contributed by atoms with E-state index in [2.05, 4.69) is 26.1 Å². The summed E-state index contributed by atoms with van der Waals surface area (Å²) in [6, 6.07) is 0.594. The standard InChI is InChI=1S/C14H26N2S/c1-10-4-6-13(7-5-10)9-15-14-16-11(2)8-12(3)17-14/h10-13H,4-9H2,1-3H3,(H,15,16). The maximum absolute atomic E-state index is 4.80. The molecule has 0 aromatic carbocycles. The fourth-order valence-electron chi connectivity index (χ4n) is 2.85. The summed E-state index contributed by atoms with van der Waals surface area (Å²) in [6.07, 6.45) is 6.83. The van der Waals surface area contributed by atoms with Gasteiger partial charge < -0.3 is 5.32 Å². The molecule has 3 heteroatoms. The Bertz CT molecular complexity index is 257. The second-order valence-corrected chi connectivity index (χ2v) is 7.41. The topological polar surface area (TPSA) is 24.4 Å². The van der Waals surface area contributed by atoms with Crippen LogP contribution in [0.1, 0.15) is 52.9 Å². The average molecular weight is 254 g/mol. The van der Waals surface area contributed by atoms with Gasteiger partial charge in [-0.3, -0.25) is 4.99 Å². The minimum absolute atomic E-state index is 0.594. The molecule has 1 saturated carbocycles. The van der Waals surface area contributed by atoms with Gasteiger partial charge in [-0.25, -0.2) is 0 Å². The smallest absolute Gasteiger partial charge is 0.157 e. The molecule has 2 atom stereocenters. The normalized spacial score (nSPS) is 41.2. The highest BCUT2D eigenvalue weighted by atomic mass is 32.2. The molecule has 2 nitrogen and oxygen atoms in total. The van der Waals surface area contributed by atoms with Gasteiger partial charge in [0.25, 0.3) is 0 Å². The van der Waals surface area contributed by atoms with Gasteiger partial charge in [0.15, 0.2) is 5.17 Å². The first-order valence-corrected chi connectivity index (χ1v) is 7.99. The zero-order valence-electron chi connectivity index (χ0n) is 11.4. The molecule has 2 fully saturated rings. The van der Waals surface area contributed by atoms with Crippen molar-refractivity contribution in [1.29, 1.82) is 0 Å². The molecule has 2 unspecified atom stereocenters. The third kappa shape index (κ3) is 4.20. The summed E-state index contributed by atoms with van der Waals surface area (Å²) in [4.78, 5) is 4.80. The van der Waals surface area contributed by atoms with Gasteiger partial charge in [0.05, 0.1) is 0 Å². The van der Waals surface area contributed by atoms with Crippen LogP contribution >= 0.6 is 11.8 Å². The minimum atomic E-state index is 0.594. The number of amidine groups is 1. The van der Waals surface area contributed by atoms with Crippen molar-refractivity contribution in [2.24, 2.45) is 16.8 Å². The maximum Gasteiger partial charge on any atom is 0.157 e. The Morgan fingerprint density at radius 1 is 1.18 bits per heavy atom. The van der Waals surface area contributed by atoms with Gasteiger partial charge in [-0.2, -0.15) is 0 Å². The van der Waals surface area contributed by atoms with Crippen molar-refractivity contribution in [2.75, 3.05) is 6.54 Å². The van der Waals surface area contributed by atoms with E-state index in [-0.39, 0.29) is 0 Å². The number of thioether (sulfide) groups is 1. The number of nitrogens with one attached hydrogen (secondary N) is 1. The Morgan fingerprint density at radius 3 is 2.53 bits per heavy atom. The van der Waals surface area contributed by atoms with Crippen molar-refractivity contribution >= 4 is 16.9 Å². The highest BCUT2D eigenvalue weighted by Gasteiger charge is 2.21. The van der Waals surface area contributed by atoms with Crippen LogP contribution in [0.3, 0.4) is 0 Å². The molecule has 2 rings (SSSR count). The average Bonchev–Trinajstić information content (AvgIpc) is 2.27. The summed E-state index contributed by atoms with van der Waals surface area (Å²) >= 11 is 1.92. The number of nitrogens with zero attached hydrogens (tertiary/aromatic N) is 1. The van der Waals surface area contributed by atoms with E-state index in [0.29, 0.717) is 6.04 Å². The monoisotopic (exact) mass is 254 g/mol. The van der Waals surface area contributed by atoms with Crippen LogP contribution in [0.2, 0.25) is 0 Å². The quantitative estimate of drug-likeness (QED) is 0.813. The SMILES string of the molecule is CC1CCC(CN=C2NC(C)CC(C)S2)CC1. The lowest BCUT2D eigenvalue weighted by atomic mass is 9.83. The van der Waals surface area contributed by atoms with Crippen LogP contribution in [-0.4, -0.2) is 23.0 Å². The van der Waals surface area contributed by atoms with E-state index in [1.165, 1.54) is 37.3 Å². The van der Waals surface area contributed by atoms with E-state index in [1.54, 1.807) is 0 Å². The lowest BCUT2D eigenvalue weighted by molar-refractivity contribution is 0.296. The summed E-state index contributed by atoms with van der Waals surface area (Å²) in [5.74, 6) is 1.79. The van der Waals surface area contributed by atoms with Gasteiger partial charge in [0.1, 0.15) is 0 Å². The predicted octanol–water partition coefficient (Wildman–Crippen LogP) is 3.67. The fourth-order valence-corrected chi connectivity index (χ4v) is 4.03. The van der Waals surface area contributed by atoms with Gasteiger partial charge in [-0.1, -0.05) is 38.5 Å². The van der Waals surface area contributed by atoms with E-state index >= 15 is 0 Å². The molecule has 2 aliphatic rings. The number of rotatable bonds is 2. The first kappa shape index (κ1) is 13.3. The molecule has 1 aliphatic carbocycles. The Morgan fingerprint density at radius 2 is 1.88 bits per heavy atom. The van der Waals surface area contributed by atoms with Gasteiger partial charge in [-0.05, 0) is 38.0 Å². The van der Waals surface area contributed by atoms with Gasteiger partial charge >= 0.3 is 0 Å². The van der Waals surface area contributed by atoms with Gasteiger partial charge in [0.2, 0.25) is 0 Å². The largest absolute Gasteiger partial charge is 0.362 e. The maximum atomic E-state index is 4.80. The highest BCUT2D eigenvalue weighted by Crippen LogP contribution is 2.29. The van der Waals surface area contributed by atoms with Gasteiger partial charge in [0, 0.05) is 17.8 Å². The zero-order valence-corrected chi connectivity index (χ0v) is 12.2. The Labute approximate surface area is 110 Å². The number of aliphatic imine (C=N–C) groups is 1. The third-order valence-electron chi connectivity index (χ3n) is 4.00. The van der Waals surface area contributed by atoms with Crippen molar-refractivity contribution in [2.45, 2.75) is 64.2 Å². The molecular formula is C14H26N2S. The molecule has 1 heterocycles. The van der Waals surface area contributed by atoms with Crippen molar-refractivity contribution < 1.29 is 0 Å². The lowest BCUT2D eigenvalue weighted by Crippen LogP contribution is -2.38. The molecule has 17 heavy (non-hydrogen) atoms. The highest BCUT2D eigenvalue weighted by molar-refractivity contribution is 8.14. The third-order valence-corrected chi connectivity index (χ3v) is 5.06.